The minimum atomic E-state index is 0.490. The predicted octanol–water partition coefficient (Wildman–Crippen LogP) is 2.53. The van der Waals surface area contributed by atoms with Crippen molar-refractivity contribution < 1.29 is 0 Å². The largest absolute Gasteiger partial charge is 0.356 e. The van der Waals surface area contributed by atoms with E-state index >= 15 is 0 Å². The van der Waals surface area contributed by atoms with Gasteiger partial charge in [0.15, 0.2) is 0 Å². The molecule has 1 aliphatic heterocycles. The number of anilines is 1. The van der Waals surface area contributed by atoms with Crippen molar-refractivity contribution in [3.05, 3.63) is 42.1 Å². The highest BCUT2D eigenvalue weighted by Gasteiger charge is 2.25. The highest BCUT2D eigenvalue weighted by atomic mass is 15.2. The summed E-state index contributed by atoms with van der Waals surface area (Å²) in [6.07, 6.45) is 8.41. The molecule has 0 amide bonds. The first kappa shape index (κ1) is 16.0. The molecule has 23 heavy (non-hydrogen) atoms. The van der Waals surface area contributed by atoms with Crippen LogP contribution in [0.3, 0.4) is 0 Å². The van der Waals surface area contributed by atoms with Gasteiger partial charge in [-0.15, -0.1) is 0 Å². The van der Waals surface area contributed by atoms with Gasteiger partial charge in [0.2, 0.25) is 0 Å². The van der Waals surface area contributed by atoms with E-state index in [1.165, 1.54) is 24.2 Å². The second-order valence-electron chi connectivity index (χ2n) is 6.76. The van der Waals surface area contributed by atoms with Gasteiger partial charge in [0.1, 0.15) is 11.6 Å². The first-order valence-electron chi connectivity index (χ1n) is 8.47. The summed E-state index contributed by atoms with van der Waals surface area (Å²) in [5.74, 6) is 2.80. The Morgan fingerprint density at radius 1 is 1.26 bits per heavy atom. The third kappa shape index (κ3) is 3.91. The van der Waals surface area contributed by atoms with Crippen molar-refractivity contribution in [2.75, 3.05) is 38.6 Å². The second-order valence-corrected chi connectivity index (χ2v) is 6.76. The monoisotopic (exact) mass is 313 g/mol. The van der Waals surface area contributed by atoms with Crippen LogP contribution in [0, 0.1) is 6.92 Å². The number of likely N-dealkylation sites (N-methyl/N-ethyl adjacent to an activating group) is 1. The van der Waals surface area contributed by atoms with E-state index in [9.17, 15) is 0 Å². The Labute approximate surface area is 139 Å². The fourth-order valence-electron chi connectivity index (χ4n) is 3.22. The van der Waals surface area contributed by atoms with Crippen molar-refractivity contribution in [1.29, 1.82) is 0 Å². The van der Waals surface area contributed by atoms with Gasteiger partial charge in [-0.05, 0) is 45.5 Å². The molecule has 1 saturated heterocycles. The van der Waals surface area contributed by atoms with Crippen molar-refractivity contribution in [3.63, 3.8) is 0 Å². The summed E-state index contributed by atoms with van der Waals surface area (Å²) in [5.41, 5.74) is 1.21. The third-order valence-electron chi connectivity index (χ3n) is 4.54. The Kier molecular flexibility index (Phi) is 4.96. The topological polar surface area (TPSA) is 37.2 Å². The SMILES string of the molecule is Cc1ccc(N2CCC[C@@H](c3nccn3CCN(C)C)C2)nc1. The molecule has 5 heteroatoms. The van der Waals surface area contributed by atoms with Crippen LogP contribution < -0.4 is 4.90 Å². The van der Waals surface area contributed by atoms with E-state index in [0.717, 1.165) is 32.0 Å². The Bertz CT molecular complexity index is 617. The molecule has 0 radical (unpaired) electrons. The lowest BCUT2D eigenvalue weighted by Crippen LogP contribution is -2.36. The lowest BCUT2D eigenvalue weighted by atomic mass is 9.97. The Hall–Kier alpha value is -1.88. The number of hydrogen-bond acceptors (Lipinski definition) is 4. The molecule has 1 fully saturated rings. The number of hydrogen-bond donors (Lipinski definition) is 0. The molecular weight excluding hydrogens is 286 g/mol. The molecule has 3 rings (SSSR count). The molecule has 0 aromatic carbocycles. The number of imidazole rings is 1. The number of rotatable bonds is 5. The average Bonchev–Trinajstić information content (AvgIpc) is 3.02. The summed E-state index contributed by atoms with van der Waals surface area (Å²) >= 11 is 0. The van der Waals surface area contributed by atoms with Gasteiger partial charge >= 0.3 is 0 Å². The third-order valence-corrected chi connectivity index (χ3v) is 4.54. The van der Waals surface area contributed by atoms with Crippen LogP contribution in [-0.4, -0.2) is 53.2 Å². The molecule has 0 bridgehead atoms. The molecule has 0 aliphatic carbocycles. The smallest absolute Gasteiger partial charge is 0.128 e. The number of aromatic nitrogens is 3. The molecule has 0 unspecified atom stereocenters. The van der Waals surface area contributed by atoms with Crippen molar-refractivity contribution in [2.45, 2.75) is 32.2 Å². The molecule has 3 heterocycles. The van der Waals surface area contributed by atoms with Crippen LogP contribution in [0.4, 0.5) is 5.82 Å². The highest BCUT2D eigenvalue weighted by Crippen LogP contribution is 2.28. The van der Waals surface area contributed by atoms with Crippen molar-refractivity contribution in [2.24, 2.45) is 0 Å². The Morgan fingerprint density at radius 3 is 2.87 bits per heavy atom. The van der Waals surface area contributed by atoms with Crippen LogP contribution >= 0.6 is 0 Å². The van der Waals surface area contributed by atoms with Crippen molar-refractivity contribution in [3.8, 4) is 0 Å². The maximum atomic E-state index is 4.66. The van der Waals surface area contributed by atoms with Crippen molar-refractivity contribution >= 4 is 5.82 Å². The zero-order valence-corrected chi connectivity index (χ0v) is 14.4. The summed E-state index contributed by atoms with van der Waals surface area (Å²) in [5, 5.41) is 0. The number of piperidine rings is 1. The first-order chi connectivity index (χ1) is 11.1. The predicted molar refractivity (Wildman–Crippen MR) is 93.9 cm³/mol. The van der Waals surface area contributed by atoms with Crippen LogP contribution in [0.2, 0.25) is 0 Å². The quantitative estimate of drug-likeness (QED) is 0.850. The van der Waals surface area contributed by atoms with Crippen molar-refractivity contribution in [1.82, 2.24) is 19.4 Å². The molecule has 1 aliphatic rings. The molecule has 2 aromatic heterocycles. The van der Waals surface area contributed by atoms with Gasteiger partial charge in [-0.1, -0.05) is 6.07 Å². The van der Waals surface area contributed by atoms with E-state index in [0.29, 0.717) is 5.92 Å². The second kappa shape index (κ2) is 7.13. The van der Waals surface area contributed by atoms with E-state index in [-0.39, 0.29) is 0 Å². The summed E-state index contributed by atoms with van der Waals surface area (Å²) in [6.45, 7) is 6.22. The lowest BCUT2D eigenvalue weighted by Gasteiger charge is -2.33. The molecule has 0 spiro atoms. The Morgan fingerprint density at radius 2 is 2.13 bits per heavy atom. The molecule has 5 nitrogen and oxygen atoms in total. The fraction of sp³-hybridized carbons (Fsp3) is 0.556. The van der Waals surface area contributed by atoms with E-state index in [1.54, 1.807) is 0 Å². The van der Waals surface area contributed by atoms with Crippen LogP contribution in [0.1, 0.15) is 30.1 Å². The van der Waals surface area contributed by atoms with Gasteiger partial charge in [0, 0.05) is 50.7 Å². The van der Waals surface area contributed by atoms with Crippen LogP contribution in [0.15, 0.2) is 30.7 Å². The minimum absolute atomic E-state index is 0.490. The molecule has 1 atom stereocenters. The minimum Gasteiger partial charge on any atom is -0.356 e. The van der Waals surface area contributed by atoms with Gasteiger partial charge in [0.25, 0.3) is 0 Å². The summed E-state index contributed by atoms with van der Waals surface area (Å²) in [6, 6.07) is 4.28. The Balaban J connectivity index is 1.71. The molecule has 2 aromatic rings. The standard InChI is InChI=1S/C18H27N5/c1-15-6-7-17(20-13-15)23-9-4-5-16(14-23)18-19-8-10-22(18)12-11-21(2)3/h6-8,10,13,16H,4-5,9,11-12,14H2,1-3H3/t16-/m1/s1. The maximum Gasteiger partial charge on any atom is 0.128 e. The summed E-state index contributed by atoms with van der Waals surface area (Å²) < 4.78 is 2.32. The van der Waals surface area contributed by atoms with Gasteiger partial charge in [-0.25, -0.2) is 9.97 Å². The maximum absolute atomic E-state index is 4.66. The van der Waals surface area contributed by atoms with E-state index in [2.05, 4.69) is 63.7 Å². The number of nitrogens with zero attached hydrogens (tertiary/aromatic N) is 5. The first-order valence-corrected chi connectivity index (χ1v) is 8.47. The number of aryl methyl sites for hydroxylation is 1. The van der Waals surface area contributed by atoms with Gasteiger partial charge in [-0.2, -0.15) is 0 Å². The van der Waals surface area contributed by atoms with Crippen LogP contribution in [0.25, 0.3) is 0 Å². The molecule has 0 saturated carbocycles. The van der Waals surface area contributed by atoms with E-state index in [4.69, 9.17) is 0 Å². The molecule has 0 N–H and O–H groups in total. The average molecular weight is 313 g/mol. The number of pyridine rings is 1. The lowest BCUT2D eigenvalue weighted by molar-refractivity contribution is 0.373. The highest BCUT2D eigenvalue weighted by molar-refractivity contribution is 5.40. The van der Waals surface area contributed by atoms with Gasteiger partial charge in [0.05, 0.1) is 0 Å². The fourth-order valence-corrected chi connectivity index (χ4v) is 3.22. The van der Waals surface area contributed by atoms with Gasteiger partial charge in [-0.3, -0.25) is 0 Å². The van der Waals surface area contributed by atoms with E-state index in [1.807, 2.05) is 12.4 Å². The van der Waals surface area contributed by atoms with E-state index < -0.39 is 0 Å². The van der Waals surface area contributed by atoms with Gasteiger partial charge < -0.3 is 14.4 Å². The summed E-state index contributed by atoms with van der Waals surface area (Å²) in [4.78, 5) is 13.9. The summed E-state index contributed by atoms with van der Waals surface area (Å²) in [7, 11) is 4.23. The molecular formula is C18H27N5. The van der Waals surface area contributed by atoms with Crippen LogP contribution in [-0.2, 0) is 6.54 Å². The normalized spacial score (nSPS) is 18.6. The molecule has 124 valence electrons. The zero-order chi connectivity index (χ0) is 16.2. The zero-order valence-electron chi connectivity index (χ0n) is 14.4. The van der Waals surface area contributed by atoms with Crippen LogP contribution in [0.5, 0.6) is 0 Å².